The fourth-order valence-corrected chi connectivity index (χ4v) is 6.62. The molecule has 0 saturated carbocycles. The van der Waals surface area contributed by atoms with Crippen LogP contribution in [-0.4, -0.2) is 48.1 Å². The van der Waals surface area contributed by atoms with E-state index in [9.17, 15) is 27.3 Å². The zero-order valence-electron chi connectivity index (χ0n) is 22.7. The summed E-state index contributed by atoms with van der Waals surface area (Å²) in [4.78, 5) is 13.1. The number of nitro benzene ring substituents is 1. The minimum Gasteiger partial charge on any atom is -0.483 e. The molecule has 3 unspecified atom stereocenters. The Labute approximate surface area is 239 Å². The standard InChI is InChI=1S/C28H29F2NO8S2/c1-19(28(29,30)41(34,35)36)39-22-9-15-25(16-10-22)40(24-13-7-21(8-14-24)31(32)33)23-11-5-20(6-12-23)27(4)18-37-26(2,3)17-38-27/h5-16,19H,17-18H2,1-4H3/p+1. The summed E-state index contributed by atoms with van der Waals surface area (Å²) in [6, 6.07) is 20.0. The molecule has 1 heterocycles. The summed E-state index contributed by atoms with van der Waals surface area (Å²) in [7, 11) is -6.43. The van der Waals surface area contributed by atoms with Gasteiger partial charge in [0.25, 0.3) is 5.69 Å². The smallest absolute Gasteiger partial charge is 0.405 e. The van der Waals surface area contributed by atoms with Crippen LogP contribution in [0.2, 0.25) is 0 Å². The molecule has 0 spiro atoms. The van der Waals surface area contributed by atoms with Crippen molar-refractivity contribution in [3.05, 3.63) is 88.5 Å². The zero-order chi connectivity index (χ0) is 30.2. The van der Waals surface area contributed by atoms with Crippen molar-refractivity contribution < 1.29 is 40.9 Å². The molecule has 0 aliphatic carbocycles. The Morgan fingerprint density at radius 2 is 1.41 bits per heavy atom. The van der Waals surface area contributed by atoms with E-state index in [1.807, 2.05) is 45.0 Å². The van der Waals surface area contributed by atoms with E-state index < -0.39 is 42.9 Å². The van der Waals surface area contributed by atoms with Gasteiger partial charge >= 0.3 is 15.4 Å². The SMILES string of the molecule is CC(Oc1ccc([S+](c2ccc([N+](=O)[O-])cc2)c2ccc(C3(C)COC(C)(C)CO3)cc2)cc1)C(F)(F)S(=O)(=O)O. The first-order chi connectivity index (χ1) is 19.0. The second kappa shape index (κ2) is 11.3. The van der Waals surface area contributed by atoms with Gasteiger partial charge in [0.05, 0.1) is 34.6 Å². The summed E-state index contributed by atoms with van der Waals surface area (Å²) >= 11 is 0. The predicted octanol–water partition coefficient (Wildman–Crippen LogP) is 5.98. The second-order valence-corrected chi connectivity index (χ2v) is 13.9. The average Bonchev–Trinajstić information content (AvgIpc) is 2.91. The highest BCUT2D eigenvalue weighted by Crippen LogP contribution is 2.37. The van der Waals surface area contributed by atoms with Crippen molar-refractivity contribution in [1.82, 2.24) is 0 Å². The largest absolute Gasteiger partial charge is 0.483 e. The van der Waals surface area contributed by atoms with Crippen molar-refractivity contribution >= 4 is 26.7 Å². The van der Waals surface area contributed by atoms with Gasteiger partial charge in [-0.1, -0.05) is 12.1 Å². The Bertz CT molecular complexity index is 1490. The van der Waals surface area contributed by atoms with E-state index in [0.29, 0.717) is 13.2 Å². The van der Waals surface area contributed by atoms with Gasteiger partial charge in [0.2, 0.25) is 0 Å². The lowest BCUT2D eigenvalue weighted by Crippen LogP contribution is -2.47. The summed E-state index contributed by atoms with van der Waals surface area (Å²) in [6.07, 6.45) is -2.15. The van der Waals surface area contributed by atoms with Gasteiger partial charge in [0.15, 0.2) is 20.8 Å². The molecular weight excluding hydrogens is 580 g/mol. The molecule has 1 saturated heterocycles. The fraction of sp³-hybridized carbons (Fsp3) is 0.357. The number of hydrogen-bond acceptors (Lipinski definition) is 7. The Hall–Kier alpha value is -3.10. The first kappa shape index (κ1) is 30.8. The summed E-state index contributed by atoms with van der Waals surface area (Å²) < 4.78 is 76.1. The molecule has 4 rings (SSSR count). The van der Waals surface area contributed by atoms with Gasteiger partial charge in [-0.15, -0.1) is 0 Å². The molecule has 41 heavy (non-hydrogen) atoms. The first-order valence-electron chi connectivity index (χ1n) is 12.5. The molecule has 9 nitrogen and oxygen atoms in total. The van der Waals surface area contributed by atoms with Crippen LogP contribution in [0.5, 0.6) is 5.75 Å². The lowest BCUT2D eigenvalue weighted by Gasteiger charge is -2.41. The molecule has 220 valence electrons. The lowest BCUT2D eigenvalue weighted by atomic mass is 9.94. The number of nitro groups is 1. The van der Waals surface area contributed by atoms with E-state index in [-0.39, 0.29) is 17.0 Å². The lowest BCUT2D eigenvalue weighted by molar-refractivity contribution is -0.384. The molecular formula is C28H30F2NO8S2+. The Balaban J connectivity index is 1.65. The number of ether oxygens (including phenoxy) is 3. The van der Waals surface area contributed by atoms with Gasteiger partial charge in [-0.05, 0) is 69.7 Å². The molecule has 0 bridgehead atoms. The van der Waals surface area contributed by atoms with Crippen LogP contribution >= 0.6 is 0 Å². The molecule has 1 aliphatic heterocycles. The monoisotopic (exact) mass is 610 g/mol. The summed E-state index contributed by atoms with van der Waals surface area (Å²) in [5.74, 6) is -0.0301. The number of hydrogen-bond donors (Lipinski definition) is 1. The average molecular weight is 611 g/mol. The molecule has 3 aromatic carbocycles. The normalized spacial score (nSPS) is 20.7. The number of benzene rings is 3. The third-order valence-electron chi connectivity index (χ3n) is 6.65. The summed E-state index contributed by atoms with van der Waals surface area (Å²) in [5, 5.41) is 6.70. The second-order valence-electron chi connectivity index (χ2n) is 10.4. The third-order valence-corrected chi connectivity index (χ3v) is 9.90. The Kier molecular flexibility index (Phi) is 8.50. The first-order valence-corrected chi connectivity index (χ1v) is 15.2. The van der Waals surface area contributed by atoms with Crippen LogP contribution in [0.1, 0.15) is 33.3 Å². The number of non-ortho nitro benzene ring substituents is 1. The molecule has 0 aromatic heterocycles. The minimum atomic E-state index is -5.67. The molecule has 1 aliphatic rings. The highest BCUT2D eigenvalue weighted by molar-refractivity contribution is 7.97. The number of rotatable bonds is 9. The van der Waals surface area contributed by atoms with Crippen LogP contribution in [-0.2, 0) is 36.1 Å². The van der Waals surface area contributed by atoms with Gasteiger partial charge in [-0.3, -0.25) is 14.7 Å². The van der Waals surface area contributed by atoms with Crippen LogP contribution in [0, 0.1) is 10.1 Å². The highest BCUT2D eigenvalue weighted by atomic mass is 32.2. The number of nitrogens with zero attached hydrogens (tertiary/aromatic N) is 1. The van der Waals surface area contributed by atoms with E-state index in [0.717, 1.165) is 27.2 Å². The molecule has 0 radical (unpaired) electrons. The van der Waals surface area contributed by atoms with Gasteiger partial charge < -0.3 is 14.2 Å². The van der Waals surface area contributed by atoms with E-state index in [1.165, 1.54) is 24.3 Å². The molecule has 1 fully saturated rings. The maximum Gasteiger partial charge on any atom is 0.405 e. The van der Waals surface area contributed by atoms with E-state index >= 15 is 0 Å². The van der Waals surface area contributed by atoms with E-state index in [4.69, 9.17) is 18.8 Å². The molecule has 3 aromatic rings. The van der Waals surface area contributed by atoms with Gasteiger partial charge in [-0.2, -0.15) is 17.2 Å². The van der Waals surface area contributed by atoms with Crippen molar-refractivity contribution in [3.8, 4) is 5.75 Å². The minimum absolute atomic E-state index is 0.0301. The molecule has 1 N–H and O–H groups in total. The predicted molar refractivity (Wildman–Crippen MR) is 148 cm³/mol. The fourth-order valence-electron chi connectivity index (χ4n) is 4.11. The van der Waals surface area contributed by atoms with Gasteiger partial charge in [0, 0.05) is 24.3 Å². The van der Waals surface area contributed by atoms with Crippen LogP contribution < -0.4 is 4.74 Å². The van der Waals surface area contributed by atoms with Crippen molar-refractivity contribution in [1.29, 1.82) is 0 Å². The van der Waals surface area contributed by atoms with Crippen molar-refractivity contribution in [2.24, 2.45) is 0 Å². The van der Waals surface area contributed by atoms with Crippen molar-refractivity contribution in [2.45, 2.75) is 64.9 Å². The third kappa shape index (κ3) is 6.70. The highest BCUT2D eigenvalue weighted by Gasteiger charge is 2.51. The van der Waals surface area contributed by atoms with Crippen molar-refractivity contribution in [3.63, 3.8) is 0 Å². The zero-order valence-corrected chi connectivity index (χ0v) is 24.4. The van der Waals surface area contributed by atoms with Crippen LogP contribution in [0.25, 0.3) is 0 Å². The van der Waals surface area contributed by atoms with E-state index in [2.05, 4.69) is 0 Å². The maximum absolute atomic E-state index is 14.0. The van der Waals surface area contributed by atoms with E-state index in [1.54, 1.807) is 24.3 Å². The van der Waals surface area contributed by atoms with Crippen LogP contribution in [0.3, 0.4) is 0 Å². The summed E-state index contributed by atoms with van der Waals surface area (Å²) in [5.41, 5.74) is -0.158. The number of halogens is 2. The quantitative estimate of drug-likeness (QED) is 0.136. The Morgan fingerprint density at radius 1 is 0.927 bits per heavy atom. The number of alkyl halides is 2. The Morgan fingerprint density at radius 3 is 1.85 bits per heavy atom. The molecule has 13 heteroatoms. The van der Waals surface area contributed by atoms with Crippen molar-refractivity contribution in [2.75, 3.05) is 13.2 Å². The van der Waals surface area contributed by atoms with Crippen LogP contribution in [0.4, 0.5) is 14.5 Å². The topological polar surface area (TPSA) is 125 Å². The van der Waals surface area contributed by atoms with Gasteiger partial charge in [0.1, 0.15) is 11.4 Å². The summed E-state index contributed by atoms with van der Waals surface area (Å²) in [6.45, 7) is 7.53. The molecule has 3 atom stereocenters. The van der Waals surface area contributed by atoms with Gasteiger partial charge in [-0.25, -0.2) is 0 Å². The van der Waals surface area contributed by atoms with Crippen LogP contribution in [0.15, 0.2) is 87.5 Å². The molecule has 0 amide bonds. The maximum atomic E-state index is 14.0.